The first-order valence-corrected chi connectivity index (χ1v) is 8.17. The van der Waals surface area contributed by atoms with Gasteiger partial charge in [-0.15, -0.1) is 11.3 Å². The summed E-state index contributed by atoms with van der Waals surface area (Å²) < 4.78 is 1.98. The van der Waals surface area contributed by atoms with Crippen molar-refractivity contribution in [2.24, 2.45) is 0 Å². The van der Waals surface area contributed by atoms with Gasteiger partial charge in [0.1, 0.15) is 6.07 Å². The van der Waals surface area contributed by atoms with Gasteiger partial charge in [0, 0.05) is 5.02 Å². The quantitative estimate of drug-likeness (QED) is 0.463. The summed E-state index contributed by atoms with van der Waals surface area (Å²) in [4.78, 5) is 5.09. The van der Waals surface area contributed by atoms with E-state index < -0.39 is 0 Å². The molecule has 0 fully saturated rings. The van der Waals surface area contributed by atoms with Crippen LogP contribution in [-0.2, 0) is 0 Å². The molecule has 0 bridgehead atoms. The van der Waals surface area contributed by atoms with Crippen molar-refractivity contribution in [1.29, 1.82) is 5.26 Å². The highest BCUT2D eigenvalue weighted by molar-refractivity contribution is 8.05. The van der Waals surface area contributed by atoms with Crippen LogP contribution in [0.3, 0.4) is 0 Å². The van der Waals surface area contributed by atoms with E-state index in [1.165, 1.54) is 11.8 Å². The lowest BCUT2D eigenvalue weighted by Crippen LogP contribution is -1.77. The number of thiazole rings is 1. The number of rotatable bonds is 3. The van der Waals surface area contributed by atoms with Crippen LogP contribution in [0.1, 0.15) is 5.56 Å². The highest BCUT2D eigenvalue weighted by Gasteiger charge is 2.07. The van der Waals surface area contributed by atoms with E-state index in [0.717, 1.165) is 20.1 Å². The van der Waals surface area contributed by atoms with Crippen LogP contribution in [0, 0.1) is 11.3 Å². The van der Waals surface area contributed by atoms with Crippen LogP contribution in [0.15, 0.2) is 57.8 Å². The number of hydrogen-bond acceptors (Lipinski definition) is 4. The van der Waals surface area contributed by atoms with Gasteiger partial charge >= 0.3 is 0 Å². The van der Waals surface area contributed by atoms with Gasteiger partial charge in [-0.2, -0.15) is 5.26 Å². The Balaban J connectivity index is 1.91. The molecule has 1 heterocycles. The maximum atomic E-state index is 9.31. The number of hydrogen-bond donors (Lipinski definition) is 0. The Hall–Kier alpha value is -1.80. The lowest BCUT2D eigenvalue weighted by atomic mass is 10.2. The van der Waals surface area contributed by atoms with Gasteiger partial charge in [-0.3, -0.25) is 0 Å². The lowest BCUT2D eigenvalue weighted by molar-refractivity contribution is 1.31. The van der Waals surface area contributed by atoms with E-state index in [9.17, 15) is 5.26 Å². The topological polar surface area (TPSA) is 36.7 Å². The molecule has 0 N–H and O–H groups in total. The number of nitrogens with zero attached hydrogens (tertiary/aromatic N) is 2. The van der Waals surface area contributed by atoms with Gasteiger partial charge in [-0.05, 0) is 41.6 Å². The first-order valence-electron chi connectivity index (χ1n) is 6.16. The second-order valence-corrected chi connectivity index (χ2v) is 6.92. The minimum atomic E-state index is 0.571. The number of halogens is 1. The zero-order valence-corrected chi connectivity index (χ0v) is 13.2. The standard InChI is InChI=1S/C16H9ClN2S2/c17-13-6-2-1-5-11(13)9-12(10-18)20-16-19-14-7-3-4-8-15(14)21-16/h1-9H. The fourth-order valence-electron chi connectivity index (χ4n) is 1.81. The molecule has 0 atom stereocenters. The molecular formula is C16H9ClN2S2. The summed E-state index contributed by atoms with van der Waals surface area (Å²) in [5, 5.41) is 9.94. The normalized spacial score (nSPS) is 11.5. The number of thioether (sulfide) groups is 1. The highest BCUT2D eigenvalue weighted by Crippen LogP contribution is 2.34. The zero-order chi connectivity index (χ0) is 14.7. The van der Waals surface area contributed by atoms with Gasteiger partial charge in [-0.1, -0.05) is 41.9 Å². The molecule has 0 aliphatic heterocycles. The first-order chi connectivity index (χ1) is 10.3. The molecule has 0 amide bonds. The second kappa shape index (κ2) is 6.31. The maximum Gasteiger partial charge on any atom is 0.156 e. The molecule has 0 saturated carbocycles. The SMILES string of the molecule is N#CC(=Cc1ccccc1Cl)Sc1nc2ccccc2s1. The molecule has 0 aliphatic rings. The molecule has 0 spiro atoms. The Morgan fingerprint density at radius 3 is 2.71 bits per heavy atom. The van der Waals surface area contributed by atoms with Crippen molar-refractivity contribution in [1.82, 2.24) is 4.98 Å². The fourth-order valence-corrected chi connectivity index (χ4v) is 3.96. The number of allylic oxidation sites excluding steroid dienone is 1. The average Bonchev–Trinajstić information content (AvgIpc) is 2.91. The molecule has 2 aromatic carbocycles. The molecule has 2 nitrogen and oxygen atoms in total. The van der Waals surface area contributed by atoms with Crippen LogP contribution in [0.2, 0.25) is 5.02 Å². The summed E-state index contributed by atoms with van der Waals surface area (Å²) in [5.74, 6) is 0. The van der Waals surface area contributed by atoms with Crippen LogP contribution in [0.5, 0.6) is 0 Å². The largest absolute Gasteiger partial charge is 0.229 e. The predicted octanol–water partition coefficient (Wildman–Crippen LogP) is 5.61. The van der Waals surface area contributed by atoms with E-state index in [1.807, 2.05) is 48.5 Å². The number of aromatic nitrogens is 1. The monoisotopic (exact) mass is 328 g/mol. The number of para-hydroxylation sites is 1. The van der Waals surface area contributed by atoms with E-state index in [0.29, 0.717) is 9.93 Å². The van der Waals surface area contributed by atoms with E-state index in [1.54, 1.807) is 17.4 Å². The third-order valence-electron chi connectivity index (χ3n) is 2.77. The lowest BCUT2D eigenvalue weighted by Gasteiger charge is -1.98. The summed E-state index contributed by atoms with van der Waals surface area (Å²) in [6.07, 6.45) is 1.79. The van der Waals surface area contributed by atoms with Gasteiger partial charge in [-0.25, -0.2) is 4.98 Å². The van der Waals surface area contributed by atoms with E-state index in [-0.39, 0.29) is 0 Å². The Bertz CT molecular complexity index is 829. The Morgan fingerprint density at radius 2 is 1.95 bits per heavy atom. The van der Waals surface area contributed by atoms with Gasteiger partial charge in [0.25, 0.3) is 0 Å². The molecule has 3 rings (SSSR count). The Labute approximate surface area is 135 Å². The highest BCUT2D eigenvalue weighted by atomic mass is 35.5. The molecule has 3 aromatic rings. The van der Waals surface area contributed by atoms with Crippen molar-refractivity contribution >= 4 is 51.0 Å². The van der Waals surface area contributed by atoms with Crippen molar-refractivity contribution in [3.63, 3.8) is 0 Å². The van der Waals surface area contributed by atoms with Crippen molar-refractivity contribution in [3.05, 3.63) is 64.0 Å². The molecule has 0 saturated heterocycles. The van der Waals surface area contributed by atoms with Crippen LogP contribution >= 0.6 is 34.7 Å². The Morgan fingerprint density at radius 1 is 1.19 bits per heavy atom. The molecule has 5 heteroatoms. The molecule has 0 aliphatic carbocycles. The van der Waals surface area contributed by atoms with Crippen molar-refractivity contribution in [3.8, 4) is 6.07 Å². The maximum absolute atomic E-state index is 9.31. The molecule has 1 aromatic heterocycles. The van der Waals surface area contributed by atoms with Crippen molar-refractivity contribution in [2.45, 2.75) is 4.34 Å². The zero-order valence-electron chi connectivity index (χ0n) is 10.8. The number of nitriles is 1. The van der Waals surface area contributed by atoms with Crippen LogP contribution in [0.25, 0.3) is 16.3 Å². The van der Waals surface area contributed by atoms with E-state index in [2.05, 4.69) is 11.1 Å². The molecule has 21 heavy (non-hydrogen) atoms. The molecule has 0 unspecified atom stereocenters. The van der Waals surface area contributed by atoms with Gasteiger partial charge in [0.2, 0.25) is 0 Å². The molecule has 0 radical (unpaired) electrons. The fraction of sp³-hybridized carbons (Fsp3) is 0. The molecule has 102 valence electrons. The molecular weight excluding hydrogens is 320 g/mol. The minimum Gasteiger partial charge on any atom is -0.229 e. The third-order valence-corrected chi connectivity index (χ3v) is 5.14. The van der Waals surface area contributed by atoms with Gasteiger partial charge < -0.3 is 0 Å². The third kappa shape index (κ3) is 3.27. The minimum absolute atomic E-state index is 0.571. The number of fused-ring (bicyclic) bond motifs is 1. The average molecular weight is 329 g/mol. The first kappa shape index (κ1) is 14.2. The van der Waals surface area contributed by atoms with E-state index >= 15 is 0 Å². The summed E-state index contributed by atoms with van der Waals surface area (Å²) >= 11 is 9.07. The van der Waals surface area contributed by atoms with Crippen molar-refractivity contribution in [2.75, 3.05) is 0 Å². The van der Waals surface area contributed by atoms with Gasteiger partial charge in [0.15, 0.2) is 4.34 Å². The smallest absolute Gasteiger partial charge is 0.156 e. The summed E-state index contributed by atoms with van der Waals surface area (Å²) in [6, 6.07) is 17.6. The van der Waals surface area contributed by atoms with Gasteiger partial charge in [0.05, 0.1) is 15.1 Å². The van der Waals surface area contributed by atoms with E-state index in [4.69, 9.17) is 11.6 Å². The summed E-state index contributed by atoms with van der Waals surface area (Å²) in [5.41, 5.74) is 1.80. The summed E-state index contributed by atoms with van der Waals surface area (Å²) in [7, 11) is 0. The Kier molecular flexibility index (Phi) is 4.26. The van der Waals surface area contributed by atoms with Crippen LogP contribution in [0.4, 0.5) is 0 Å². The van der Waals surface area contributed by atoms with Crippen LogP contribution in [-0.4, -0.2) is 4.98 Å². The second-order valence-electron chi connectivity index (χ2n) is 4.19. The predicted molar refractivity (Wildman–Crippen MR) is 90.5 cm³/mol. The van der Waals surface area contributed by atoms with Crippen molar-refractivity contribution < 1.29 is 0 Å². The number of benzene rings is 2. The van der Waals surface area contributed by atoms with Crippen LogP contribution < -0.4 is 0 Å². The summed E-state index contributed by atoms with van der Waals surface area (Å²) in [6.45, 7) is 0.